The van der Waals surface area contributed by atoms with Crippen molar-refractivity contribution in [1.29, 1.82) is 0 Å². The Balaban J connectivity index is 1.98. The number of benzene rings is 1. The molecule has 2 aromatic rings. The molecule has 1 heterocycles. The summed E-state index contributed by atoms with van der Waals surface area (Å²) >= 11 is 11.5. The predicted octanol–water partition coefficient (Wildman–Crippen LogP) is 4.97. The highest BCUT2D eigenvalue weighted by atomic mass is 79.9. The lowest BCUT2D eigenvalue weighted by Gasteiger charge is -2.03. The number of hydrogen-bond acceptors (Lipinski definition) is 2. The third-order valence-electron chi connectivity index (χ3n) is 2.24. The lowest BCUT2D eigenvalue weighted by Crippen LogP contribution is -2.21. The Labute approximate surface area is 134 Å². The van der Waals surface area contributed by atoms with Crippen molar-refractivity contribution in [3.63, 3.8) is 0 Å². The molecule has 0 saturated heterocycles. The fourth-order valence-corrected chi connectivity index (χ4v) is 3.55. The summed E-state index contributed by atoms with van der Waals surface area (Å²) in [7, 11) is 0. The van der Waals surface area contributed by atoms with Crippen molar-refractivity contribution in [3.8, 4) is 0 Å². The van der Waals surface area contributed by atoms with Gasteiger partial charge in [-0.3, -0.25) is 4.79 Å². The number of halogens is 3. The predicted molar refractivity (Wildman–Crippen MR) is 85.0 cm³/mol. The molecular weight excluding hydrogens is 446 g/mol. The molecule has 0 bridgehead atoms. The summed E-state index contributed by atoms with van der Waals surface area (Å²) in [5.41, 5.74) is 1.07. The Bertz CT molecular complexity index is 546. The molecule has 0 aliphatic heterocycles. The molecule has 6 heteroatoms. The third kappa shape index (κ3) is 3.66. The van der Waals surface area contributed by atoms with Crippen LogP contribution in [-0.2, 0) is 6.54 Å². The smallest absolute Gasteiger partial charge is 0.261 e. The van der Waals surface area contributed by atoms with Crippen molar-refractivity contribution in [2.24, 2.45) is 0 Å². The van der Waals surface area contributed by atoms with Gasteiger partial charge in [-0.25, -0.2) is 0 Å². The first-order chi connectivity index (χ1) is 8.56. The first kappa shape index (κ1) is 14.2. The summed E-state index contributed by atoms with van der Waals surface area (Å²) < 4.78 is 2.86. The summed E-state index contributed by atoms with van der Waals surface area (Å²) in [6.07, 6.45) is 0. The summed E-state index contributed by atoms with van der Waals surface area (Å²) in [4.78, 5) is 12.6. The molecule has 1 aromatic heterocycles. The van der Waals surface area contributed by atoms with Crippen molar-refractivity contribution < 1.29 is 4.79 Å². The molecule has 1 N–H and O–H groups in total. The van der Waals surface area contributed by atoms with E-state index in [2.05, 4.69) is 53.1 Å². The second-order valence-corrected chi connectivity index (χ2v) is 7.68. The normalized spacial score (nSPS) is 10.4. The fourth-order valence-electron chi connectivity index (χ4n) is 1.33. The Kier molecular flexibility index (Phi) is 5.00. The second-order valence-electron chi connectivity index (χ2n) is 3.54. The summed E-state index contributed by atoms with van der Waals surface area (Å²) in [6, 6.07) is 9.68. The monoisotopic (exact) mass is 451 g/mol. The minimum atomic E-state index is -0.0608. The molecule has 0 unspecified atom stereocenters. The SMILES string of the molecule is O=C(NCc1ccc(Br)cc1)c1cc(Br)c(Br)s1. The highest BCUT2D eigenvalue weighted by molar-refractivity contribution is 9.13. The van der Waals surface area contributed by atoms with Crippen molar-refractivity contribution in [1.82, 2.24) is 5.32 Å². The van der Waals surface area contributed by atoms with E-state index in [-0.39, 0.29) is 5.91 Å². The Morgan fingerprint density at radius 1 is 1.17 bits per heavy atom. The average molecular weight is 454 g/mol. The van der Waals surface area contributed by atoms with Crippen molar-refractivity contribution in [2.75, 3.05) is 0 Å². The Morgan fingerprint density at radius 2 is 1.83 bits per heavy atom. The zero-order chi connectivity index (χ0) is 13.1. The maximum absolute atomic E-state index is 11.9. The number of nitrogens with one attached hydrogen (secondary N) is 1. The van der Waals surface area contributed by atoms with Crippen molar-refractivity contribution in [3.05, 3.63) is 53.5 Å². The van der Waals surface area contributed by atoms with Crippen LogP contribution in [0.5, 0.6) is 0 Å². The minimum absolute atomic E-state index is 0.0608. The van der Waals surface area contributed by atoms with Gasteiger partial charge < -0.3 is 5.32 Å². The van der Waals surface area contributed by atoms with Gasteiger partial charge in [-0.15, -0.1) is 11.3 Å². The van der Waals surface area contributed by atoms with Gasteiger partial charge in [0, 0.05) is 15.5 Å². The summed E-state index contributed by atoms with van der Waals surface area (Å²) in [5.74, 6) is -0.0608. The average Bonchev–Trinajstić information content (AvgIpc) is 2.69. The van der Waals surface area contributed by atoms with Gasteiger partial charge >= 0.3 is 0 Å². The minimum Gasteiger partial charge on any atom is -0.347 e. The van der Waals surface area contributed by atoms with Crippen molar-refractivity contribution >= 4 is 65.0 Å². The highest BCUT2D eigenvalue weighted by Crippen LogP contribution is 2.32. The standard InChI is InChI=1S/C12H8Br3NOS/c13-8-3-1-7(2-4-8)6-16-12(17)10-5-9(14)11(15)18-10/h1-5H,6H2,(H,16,17). The lowest BCUT2D eigenvalue weighted by molar-refractivity contribution is 0.0955. The van der Waals surface area contributed by atoms with E-state index in [1.165, 1.54) is 11.3 Å². The van der Waals surface area contributed by atoms with E-state index < -0.39 is 0 Å². The van der Waals surface area contributed by atoms with Crippen LogP contribution in [0.3, 0.4) is 0 Å². The van der Waals surface area contributed by atoms with Gasteiger partial charge in [0.15, 0.2) is 0 Å². The number of carbonyl (C=O) groups is 1. The molecule has 18 heavy (non-hydrogen) atoms. The van der Waals surface area contributed by atoms with E-state index in [4.69, 9.17) is 0 Å². The van der Waals surface area contributed by atoms with Crippen LogP contribution < -0.4 is 5.32 Å². The molecule has 2 rings (SSSR count). The van der Waals surface area contributed by atoms with Crippen LogP contribution in [0, 0.1) is 0 Å². The van der Waals surface area contributed by atoms with Gasteiger partial charge in [0.1, 0.15) is 0 Å². The van der Waals surface area contributed by atoms with Crippen LogP contribution in [0.1, 0.15) is 15.2 Å². The van der Waals surface area contributed by atoms with Crippen molar-refractivity contribution in [2.45, 2.75) is 6.54 Å². The molecule has 1 aromatic carbocycles. The van der Waals surface area contributed by atoms with Gasteiger partial charge in [-0.2, -0.15) is 0 Å². The maximum atomic E-state index is 11.9. The number of carbonyl (C=O) groups excluding carboxylic acids is 1. The topological polar surface area (TPSA) is 29.1 Å². The molecule has 0 saturated carbocycles. The van der Waals surface area contributed by atoms with E-state index in [0.717, 1.165) is 18.3 Å². The molecule has 0 aliphatic rings. The highest BCUT2D eigenvalue weighted by Gasteiger charge is 2.11. The molecule has 0 atom stereocenters. The maximum Gasteiger partial charge on any atom is 0.261 e. The van der Waals surface area contributed by atoms with Crippen LogP contribution >= 0.6 is 59.1 Å². The summed E-state index contributed by atoms with van der Waals surface area (Å²) in [5, 5.41) is 2.89. The molecule has 2 nitrogen and oxygen atoms in total. The van der Waals surface area contributed by atoms with Crippen LogP contribution in [0.4, 0.5) is 0 Å². The zero-order valence-electron chi connectivity index (χ0n) is 9.04. The van der Waals surface area contributed by atoms with E-state index in [1.54, 1.807) is 0 Å². The molecule has 0 spiro atoms. The molecule has 0 fully saturated rings. The second kappa shape index (κ2) is 6.32. The van der Waals surface area contributed by atoms with E-state index in [0.29, 0.717) is 11.4 Å². The molecule has 1 amide bonds. The van der Waals surface area contributed by atoms with Crippen LogP contribution in [0.25, 0.3) is 0 Å². The zero-order valence-corrected chi connectivity index (χ0v) is 14.6. The lowest BCUT2D eigenvalue weighted by atomic mass is 10.2. The quantitative estimate of drug-likeness (QED) is 0.698. The number of thiophene rings is 1. The number of rotatable bonds is 3. The van der Waals surface area contributed by atoms with Crippen LogP contribution in [-0.4, -0.2) is 5.91 Å². The van der Waals surface area contributed by atoms with Gasteiger partial charge in [0.2, 0.25) is 0 Å². The summed E-state index contributed by atoms with van der Waals surface area (Å²) in [6.45, 7) is 0.527. The van der Waals surface area contributed by atoms with Gasteiger partial charge in [0.25, 0.3) is 5.91 Å². The Morgan fingerprint density at radius 3 is 2.39 bits per heavy atom. The van der Waals surface area contributed by atoms with Gasteiger partial charge in [0.05, 0.1) is 8.66 Å². The first-order valence-electron chi connectivity index (χ1n) is 5.04. The molecule has 0 aliphatic carbocycles. The van der Waals surface area contributed by atoms with E-state index >= 15 is 0 Å². The number of hydrogen-bond donors (Lipinski definition) is 1. The van der Waals surface area contributed by atoms with Crippen LogP contribution in [0.15, 0.2) is 43.1 Å². The molecule has 94 valence electrons. The van der Waals surface area contributed by atoms with Gasteiger partial charge in [-0.05, 0) is 55.6 Å². The van der Waals surface area contributed by atoms with E-state index in [9.17, 15) is 4.79 Å². The largest absolute Gasteiger partial charge is 0.347 e. The number of amides is 1. The van der Waals surface area contributed by atoms with Crippen LogP contribution in [0.2, 0.25) is 0 Å². The molecule has 0 radical (unpaired) electrons. The first-order valence-corrected chi connectivity index (χ1v) is 8.23. The van der Waals surface area contributed by atoms with E-state index in [1.807, 2.05) is 30.3 Å². The van der Waals surface area contributed by atoms with Gasteiger partial charge in [-0.1, -0.05) is 28.1 Å². The third-order valence-corrected chi connectivity index (χ3v) is 6.02. The Hall–Kier alpha value is -0.170. The fraction of sp³-hybridized carbons (Fsp3) is 0.0833. The molecular formula is C12H8Br3NOS.